The largest absolute Gasteiger partial charge is 0.320 e. The highest BCUT2D eigenvalue weighted by atomic mass is 31.2. The first-order valence-electron chi connectivity index (χ1n) is 5.37. The van der Waals surface area contributed by atoms with Crippen molar-refractivity contribution in [2.75, 3.05) is 19.9 Å². The molecule has 3 heteroatoms. The van der Waals surface area contributed by atoms with Gasteiger partial charge in [-0.2, -0.15) is 4.52 Å². The standard InChI is InChI=1S/C12H20O2P/c1-4-5-11-13-15(2,3)14-12-9-7-6-8-10-12/h6-10H,4-5,11H2,1-3H3/q+1. The van der Waals surface area contributed by atoms with E-state index in [1.165, 1.54) is 0 Å². The van der Waals surface area contributed by atoms with E-state index in [1.807, 2.05) is 30.3 Å². The van der Waals surface area contributed by atoms with Gasteiger partial charge in [0, 0.05) is 0 Å². The SMILES string of the molecule is CCCCO[P+](C)(C)Oc1ccccc1. The minimum atomic E-state index is -1.69. The molecule has 1 rings (SSSR count). The lowest BCUT2D eigenvalue weighted by Crippen LogP contribution is -2.04. The lowest BCUT2D eigenvalue weighted by atomic mass is 10.3. The molecule has 0 bridgehead atoms. The second-order valence-corrected chi connectivity index (χ2v) is 6.79. The van der Waals surface area contributed by atoms with Crippen LogP contribution in [0.3, 0.4) is 0 Å². The number of para-hydroxylation sites is 1. The normalized spacial score (nSPS) is 11.4. The van der Waals surface area contributed by atoms with E-state index in [1.54, 1.807) is 0 Å². The summed E-state index contributed by atoms with van der Waals surface area (Å²) in [6, 6.07) is 9.86. The zero-order chi connectivity index (χ0) is 11.1. The van der Waals surface area contributed by atoms with E-state index in [-0.39, 0.29) is 0 Å². The van der Waals surface area contributed by atoms with Gasteiger partial charge in [0.25, 0.3) is 0 Å². The fraction of sp³-hybridized carbons (Fsp3) is 0.500. The Kier molecular flexibility index (Phi) is 5.07. The summed E-state index contributed by atoms with van der Waals surface area (Å²) in [5.41, 5.74) is 0. The van der Waals surface area contributed by atoms with Crippen molar-refractivity contribution in [3.05, 3.63) is 30.3 Å². The van der Waals surface area contributed by atoms with E-state index in [2.05, 4.69) is 20.3 Å². The summed E-state index contributed by atoms with van der Waals surface area (Å²) in [7, 11) is -1.69. The van der Waals surface area contributed by atoms with Gasteiger partial charge in [-0.3, -0.25) is 0 Å². The van der Waals surface area contributed by atoms with Crippen LogP contribution in [0.15, 0.2) is 30.3 Å². The summed E-state index contributed by atoms with van der Waals surface area (Å²) in [6.07, 6.45) is 2.26. The average Bonchev–Trinajstić information content (AvgIpc) is 2.18. The maximum atomic E-state index is 5.84. The predicted octanol–water partition coefficient (Wildman–Crippen LogP) is 3.99. The minimum Gasteiger partial charge on any atom is -0.320 e. The van der Waals surface area contributed by atoms with Gasteiger partial charge in [-0.1, -0.05) is 31.5 Å². The third-order valence-electron chi connectivity index (χ3n) is 1.97. The van der Waals surface area contributed by atoms with E-state index in [0.29, 0.717) is 0 Å². The average molecular weight is 227 g/mol. The molecular weight excluding hydrogens is 207 g/mol. The highest BCUT2D eigenvalue weighted by molar-refractivity contribution is 7.65. The number of unbranched alkanes of at least 4 members (excludes halogenated alkanes) is 1. The van der Waals surface area contributed by atoms with Crippen LogP contribution in [-0.2, 0) is 4.52 Å². The Morgan fingerprint density at radius 2 is 1.80 bits per heavy atom. The zero-order valence-corrected chi connectivity index (χ0v) is 10.7. The molecule has 0 saturated heterocycles. The molecule has 2 nitrogen and oxygen atoms in total. The van der Waals surface area contributed by atoms with E-state index in [9.17, 15) is 0 Å². The summed E-state index contributed by atoms with van der Waals surface area (Å²) >= 11 is 0. The van der Waals surface area contributed by atoms with Gasteiger partial charge in [-0.05, 0) is 18.6 Å². The molecule has 0 heterocycles. The van der Waals surface area contributed by atoms with Gasteiger partial charge in [0.1, 0.15) is 13.3 Å². The molecule has 0 unspecified atom stereocenters. The molecule has 1 aromatic rings. The van der Waals surface area contributed by atoms with Gasteiger partial charge in [0.15, 0.2) is 5.75 Å². The highest BCUT2D eigenvalue weighted by Crippen LogP contribution is 2.53. The van der Waals surface area contributed by atoms with Crippen molar-refractivity contribution < 1.29 is 9.05 Å². The van der Waals surface area contributed by atoms with Crippen LogP contribution in [0.5, 0.6) is 5.75 Å². The molecule has 0 aromatic heterocycles. The first kappa shape index (κ1) is 12.5. The molecular formula is C12H20O2P+. The van der Waals surface area contributed by atoms with Crippen molar-refractivity contribution in [3.8, 4) is 5.75 Å². The van der Waals surface area contributed by atoms with Crippen LogP contribution in [0, 0.1) is 0 Å². The fourth-order valence-electron chi connectivity index (χ4n) is 1.19. The Morgan fingerprint density at radius 3 is 2.40 bits per heavy atom. The van der Waals surface area contributed by atoms with E-state index < -0.39 is 7.72 Å². The van der Waals surface area contributed by atoms with E-state index in [0.717, 1.165) is 25.2 Å². The number of rotatable bonds is 6. The Hall–Kier alpha value is -0.590. The van der Waals surface area contributed by atoms with Gasteiger partial charge < -0.3 is 4.52 Å². The van der Waals surface area contributed by atoms with Crippen molar-refractivity contribution >= 4 is 7.72 Å². The fourth-order valence-corrected chi connectivity index (χ4v) is 2.44. The van der Waals surface area contributed by atoms with Crippen molar-refractivity contribution in [2.45, 2.75) is 19.8 Å². The Balaban J connectivity index is 2.42. The maximum Gasteiger partial charge on any atom is 0.313 e. The second-order valence-electron chi connectivity index (χ2n) is 3.84. The van der Waals surface area contributed by atoms with Crippen LogP contribution < -0.4 is 4.52 Å². The number of hydrogen-bond acceptors (Lipinski definition) is 2. The Morgan fingerprint density at radius 1 is 1.13 bits per heavy atom. The van der Waals surface area contributed by atoms with Gasteiger partial charge in [0.05, 0.1) is 6.61 Å². The van der Waals surface area contributed by atoms with Crippen LogP contribution in [0.1, 0.15) is 19.8 Å². The van der Waals surface area contributed by atoms with E-state index in [4.69, 9.17) is 9.05 Å². The minimum absolute atomic E-state index is 0.796. The van der Waals surface area contributed by atoms with Crippen molar-refractivity contribution in [2.24, 2.45) is 0 Å². The van der Waals surface area contributed by atoms with Crippen molar-refractivity contribution in [1.29, 1.82) is 0 Å². The van der Waals surface area contributed by atoms with Crippen LogP contribution in [0.25, 0.3) is 0 Å². The molecule has 0 N–H and O–H groups in total. The van der Waals surface area contributed by atoms with Gasteiger partial charge in [-0.15, -0.1) is 0 Å². The molecule has 84 valence electrons. The van der Waals surface area contributed by atoms with E-state index >= 15 is 0 Å². The number of hydrogen-bond donors (Lipinski definition) is 0. The summed E-state index contributed by atoms with van der Waals surface area (Å²) in [5.74, 6) is 0.896. The van der Waals surface area contributed by atoms with Crippen LogP contribution in [-0.4, -0.2) is 19.9 Å². The lowest BCUT2D eigenvalue weighted by Gasteiger charge is -2.16. The molecule has 0 atom stereocenters. The Bertz CT molecular complexity index is 272. The summed E-state index contributed by atoms with van der Waals surface area (Å²) in [5, 5.41) is 0. The lowest BCUT2D eigenvalue weighted by molar-refractivity contribution is 0.297. The van der Waals surface area contributed by atoms with Crippen molar-refractivity contribution in [1.82, 2.24) is 0 Å². The zero-order valence-electron chi connectivity index (χ0n) is 9.77. The molecule has 1 aromatic carbocycles. The van der Waals surface area contributed by atoms with Crippen LogP contribution >= 0.6 is 7.72 Å². The first-order chi connectivity index (χ1) is 7.14. The molecule has 0 saturated carbocycles. The summed E-state index contributed by atoms with van der Waals surface area (Å²) in [4.78, 5) is 0. The van der Waals surface area contributed by atoms with Gasteiger partial charge in [-0.25, -0.2) is 0 Å². The summed E-state index contributed by atoms with van der Waals surface area (Å²) < 4.78 is 11.6. The molecule has 0 aliphatic carbocycles. The highest BCUT2D eigenvalue weighted by Gasteiger charge is 2.29. The Labute approximate surface area is 93.1 Å². The van der Waals surface area contributed by atoms with Crippen LogP contribution in [0.4, 0.5) is 0 Å². The predicted molar refractivity (Wildman–Crippen MR) is 66.7 cm³/mol. The third kappa shape index (κ3) is 5.15. The van der Waals surface area contributed by atoms with Gasteiger partial charge >= 0.3 is 7.72 Å². The molecule has 0 aliphatic rings. The monoisotopic (exact) mass is 227 g/mol. The van der Waals surface area contributed by atoms with Gasteiger partial charge in [0.2, 0.25) is 0 Å². The van der Waals surface area contributed by atoms with Crippen LogP contribution in [0.2, 0.25) is 0 Å². The third-order valence-corrected chi connectivity index (χ3v) is 3.42. The smallest absolute Gasteiger partial charge is 0.313 e. The first-order valence-corrected chi connectivity index (χ1v) is 7.89. The summed E-state index contributed by atoms with van der Waals surface area (Å²) in [6.45, 7) is 7.06. The second kappa shape index (κ2) is 6.09. The molecule has 0 amide bonds. The molecule has 0 radical (unpaired) electrons. The molecule has 0 spiro atoms. The topological polar surface area (TPSA) is 18.5 Å². The maximum absolute atomic E-state index is 5.84. The molecule has 0 fully saturated rings. The molecule has 15 heavy (non-hydrogen) atoms. The number of benzene rings is 1. The quantitative estimate of drug-likeness (QED) is 0.540. The molecule has 0 aliphatic heterocycles. The van der Waals surface area contributed by atoms with Crippen molar-refractivity contribution in [3.63, 3.8) is 0 Å².